The Kier molecular flexibility index (Phi) is 6.14. The summed E-state index contributed by atoms with van der Waals surface area (Å²) < 4.78 is 16.1. The van der Waals surface area contributed by atoms with Gasteiger partial charge in [-0.3, -0.25) is 4.79 Å². The third kappa shape index (κ3) is 4.25. The number of ether oxygens (including phenoxy) is 2. The lowest BCUT2D eigenvalue weighted by atomic mass is 9.85. The molecule has 0 radical (unpaired) electrons. The summed E-state index contributed by atoms with van der Waals surface area (Å²) in [7, 11) is 1.55. The van der Waals surface area contributed by atoms with E-state index in [4.69, 9.17) is 13.9 Å². The summed E-state index contributed by atoms with van der Waals surface area (Å²) in [6.07, 6.45) is 0.853. The van der Waals surface area contributed by atoms with Crippen molar-refractivity contribution >= 4 is 16.9 Å². The topological polar surface area (TPSA) is 65.7 Å². The first-order valence-corrected chi connectivity index (χ1v) is 9.35. The van der Waals surface area contributed by atoms with Gasteiger partial charge in [-0.1, -0.05) is 50.6 Å². The minimum Gasteiger partial charge on any atom is -0.497 e. The minimum absolute atomic E-state index is 0.00697. The van der Waals surface area contributed by atoms with Gasteiger partial charge in [0.05, 0.1) is 13.0 Å². The van der Waals surface area contributed by atoms with Gasteiger partial charge < -0.3 is 13.9 Å². The summed E-state index contributed by atoms with van der Waals surface area (Å²) >= 11 is 0. The quantitative estimate of drug-likeness (QED) is 0.440. The van der Waals surface area contributed by atoms with E-state index in [1.807, 2.05) is 37.3 Å². The maximum absolute atomic E-state index is 12.9. The van der Waals surface area contributed by atoms with Crippen LogP contribution >= 0.6 is 0 Å². The molecule has 2 atom stereocenters. The van der Waals surface area contributed by atoms with Crippen molar-refractivity contribution in [1.82, 2.24) is 0 Å². The van der Waals surface area contributed by atoms with E-state index in [-0.39, 0.29) is 24.4 Å². The predicted octanol–water partition coefficient (Wildman–Crippen LogP) is 4.67. The molecule has 0 unspecified atom stereocenters. The molecule has 1 aromatic heterocycles. The van der Waals surface area contributed by atoms with Crippen molar-refractivity contribution in [3.8, 4) is 5.75 Å². The standard InChI is InChI=1S/C23H24O5/c1-4-15(2)22(16-8-6-5-7-9-16)23(25)27-14-17-12-21(24)28-20-13-18(26-3)10-11-19(17)20/h5-13,15,22H,4,14H2,1-3H3/t15-,22-/m0/s1. The van der Waals surface area contributed by atoms with Crippen molar-refractivity contribution in [2.24, 2.45) is 5.92 Å². The van der Waals surface area contributed by atoms with E-state index in [0.717, 1.165) is 12.0 Å². The van der Waals surface area contributed by atoms with E-state index in [1.165, 1.54) is 6.07 Å². The molecule has 0 amide bonds. The van der Waals surface area contributed by atoms with Crippen LogP contribution in [0.5, 0.6) is 5.75 Å². The SMILES string of the molecule is CC[C@H](C)[C@H](C(=O)OCc1cc(=O)oc2cc(OC)ccc12)c1ccccc1. The van der Waals surface area contributed by atoms with Crippen molar-refractivity contribution in [2.75, 3.05) is 7.11 Å². The molecule has 3 aromatic rings. The van der Waals surface area contributed by atoms with Crippen LogP contribution in [0.4, 0.5) is 0 Å². The van der Waals surface area contributed by atoms with Crippen LogP contribution in [0.1, 0.15) is 37.3 Å². The van der Waals surface area contributed by atoms with Crippen molar-refractivity contribution in [1.29, 1.82) is 0 Å². The first-order valence-electron chi connectivity index (χ1n) is 9.35. The van der Waals surface area contributed by atoms with Crippen LogP contribution in [-0.2, 0) is 16.1 Å². The number of hydrogen-bond donors (Lipinski definition) is 0. The van der Waals surface area contributed by atoms with Gasteiger partial charge >= 0.3 is 11.6 Å². The molecule has 0 N–H and O–H groups in total. The molecule has 0 aliphatic rings. The number of carbonyl (C=O) groups excluding carboxylic acids is 1. The molecule has 2 aromatic carbocycles. The molecule has 28 heavy (non-hydrogen) atoms. The molecule has 0 bridgehead atoms. The summed E-state index contributed by atoms with van der Waals surface area (Å²) in [4.78, 5) is 24.8. The molecule has 0 saturated heterocycles. The second-order valence-electron chi connectivity index (χ2n) is 6.83. The summed E-state index contributed by atoms with van der Waals surface area (Å²) in [5.41, 5.74) is 1.45. The van der Waals surface area contributed by atoms with Crippen LogP contribution in [-0.4, -0.2) is 13.1 Å². The zero-order valence-electron chi connectivity index (χ0n) is 16.3. The molecule has 0 aliphatic heterocycles. The van der Waals surface area contributed by atoms with Crippen LogP contribution in [0.3, 0.4) is 0 Å². The summed E-state index contributed by atoms with van der Waals surface area (Å²) in [5, 5.41) is 0.716. The molecule has 0 saturated carbocycles. The maximum atomic E-state index is 12.9. The minimum atomic E-state index is -0.492. The summed E-state index contributed by atoms with van der Waals surface area (Å²) in [6, 6.07) is 16.2. The van der Waals surface area contributed by atoms with Gasteiger partial charge in [0.1, 0.15) is 17.9 Å². The highest BCUT2D eigenvalue weighted by Gasteiger charge is 2.27. The summed E-state index contributed by atoms with van der Waals surface area (Å²) in [5.74, 6) is 0.0792. The highest BCUT2D eigenvalue weighted by atomic mass is 16.5. The van der Waals surface area contributed by atoms with Crippen molar-refractivity contribution in [3.05, 3.63) is 76.1 Å². The zero-order chi connectivity index (χ0) is 20.1. The molecule has 146 valence electrons. The third-order valence-corrected chi connectivity index (χ3v) is 5.03. The van der Waals surface area contributed by atoms with Gasteiger partial charge in [0.25, 0.3) is 0 Å². The van der Waals surface area contributed by atoms with Crippen LogP contribution < -0.4 is 10.4 Å². The molecule has 0 fully saturated rings. The molecular weight excluding hydrogens is 356 g/mol. The van der Waals surface area contributed by atoms with Crippen LogP contribution in [0.25, 0.3) is 11.0 Å². The second-order valence-corrected chi connectivity index (χ2v) is 6.83. The Balaban J connectivity index is 1.86. The van der Waals surface area contributed by atoms with Gasteiger partial charge in [-0.2, -0.15) is 0 Å². The number of methoxy groups -OCH3 is 1. The van der Waals surface area contributed by atoms with Gasteiger partial charge in [-0.25, -0.2) is 4.79 Å². The average molecular weight is 380 g/mol. The third-order valence-electron chi connectivity index (χ3n) is 5.03. The largest absolute Gasteiger partial charge is 0.497 e. The molecule has 3 rings (SSSR count). The van der Waals surface area contributed by atoms with Gasteiger partial charge in [0.2, 0.25) is 0 Å². The van der Waals surface area contributed by atoms with E-state index in [2.05, 4.69) is 6.92 Å². The Labute approximate surface area is 163 Å². The molecular formula is C23H24O5. The lowest BCUT2D eigenvalue weighted by molar-refractivity contribution is -0.148. The first-order chi connectivity index (χ1) is 13.5. The lowest BCUT2D eigenvalue weighted by Crippen LogP contribution is -2.22. The van der Waals surface area contributed by atoms with E-state index >= 15 is 0 Å². The van der Waals surface area contributed by atoms with Crippen molar-refractivity contribution in [3.63, 3.8) is 0 Å². The van der Waals surface area contributed by atoms with E-state index in [1.54, 1.807) is 25.3 Å². The molecule has 5 nitrogen and oxygen atoms in total. The number of benzene rings is 2. The normalized spacial score (nSPS) is 13.1. The van der Waals surface area contributed by atoms with Gasteiger partial charge in [0, 0.05) is 23.1 Å². The Morgan fingerprint density at radius 3 is 2.54 bits per heavy atom. The van der Waals surface area contributed by atoms with E-state index in [9.17, 15) is 9.59 Å². The van der Waals surface area contributed by atoms with Crippen LogP contribution in [0.2, 0.25) is 0 Å². The van der Waals surface area contributed by atoms with E-state index in [0.29, 0.717) is 22.3 Å². The first kappa shape index (κ1) is 19.7. The van der Waals surface area contributed by atoms with Gasteiger partial charge in [-0.05, 0) is 23.6 Å². The number of fused-ring (bicyclic) bond motifs is 1. The fraction of sp³-hybridized carbons (Fsp3) is 0.304. The molecule has 0 spiro atoms. The van der Waals surface area contributed by atoms with Gasteiger partial charge in [-0.15, -0.1) is 0 Å². The Hall–Kier alpha value is -3.08. The summed E-state index contributed by atoms with van der Waals surface area (Å²) in [6.45, 7) is 4.10. The maximum Gasteiger partial charge on any atom is 0.336 e. The smallest absolute Gasteiger partial charge is 0.336 e. The van der Waals surface area contributed by atoms with E-state index < -0.39 is 5.63 Å². The predicted molar refractivity (Wildman–Crippen MR) is 107 cm³/mol. The average Bonchev–Trinajstić information content (AvgIpc) is 2.72. The molecule has 0 aliphatic carbocycles. The zero-order valence-corrected chi connectivity index (χ0v) is 16.3. The highest BCUT2D eigenvalue weighted by Crippen LogP contribution is 2.29. The second kappa shape index (κ2) is 8.74. The lowest BCUT2D eigenvalue weighted by Gasteiger charge is -2.22. The van der Waals surface area contributed by atoms with Crippen LogP contribution in [0, 0.1) is 5.92 Å². The molecule has 1 heterocycles. The Bertz CT molecular complexity index is 1010. The number of hydrogen-bond acceptors (Lipinski definition) is 5. The van der Waals surface area contributed by atoms with Crippen molar-refractivity contribution in [2.45, 2.75) is 32.8 Å². The monoisotopic (exact) mass is 380 g/mol. The van der Waals surface area contributed by atoms with Crippen LogP contribution in [0.15, 0.2) is 63.8 Å². The fourth-order valence-corrected chi connectivity index (χ4v) is 3.29. The Morgan fingerprint density at radius 2 is 1.86 bits per heavy atom. The van der Waals surface area contributed by atoms with Crippen molar-refractivity contribution < 1.29 is 18.7 Å². The molecule has 5 heteroatoms. The highest BCUT2D eigenvalue weighted by molar-refractivity contribution is 5.82. The van der Waals surface area contributed by atoms with Gasteiger partial charge in [0.15, 0.2) is 0 Å². The Morgan fingerprint density at radius 1 is 1.11 bits per heavy atom. The fourth-order valence-electron chi connectivity index (χ4n) is 3.29. The number of esters is 1. The number of rotatable bonds is 7. The number of carbonyl (C=O) groups is 1.